The first-order chi connectivity index (χ1) is 12.3. The lowest BCUT2D eigenvalue weighted by molar-refractivity contribution is 0.0448. The van der Waals surface area contributed by atoms with Crippen LogP contribution in [-0.4, -0.2) is 28.2 Å². The van der Waals surface area contributed by atoms with Crippen LogP contribution in [0.1, 0.15) is 36.7 Å². The number of rotatable bonds is 7. The molecular weight excluding hydrogens is 344 g/mol. The Morgan fingerprint density at radius 2 is 1.65 bits per heavy atom. The lowest BCUT2D eigenvalue weighted by atomic mass is 9.85. The van der Waals surface area contributed by atoms with Crippen molar-refractivity contribution < 1.29 is 18.7 Å². The van der Waals surface area contributed by atoms with Gasteiger partial charge in [-0.1, -0.05) is 51.1 Å². The van der Waals surface area contributed by atoms with Gasteiger partial charge in [-0.2, -0.15) is 0 Å². The van der Waals surface area contributed by atoms with Gasteiger partial charge in [-0.25, -0.2) is 4.79 Å². The number of hydrogen-bond donors (Lipinski definition) is 0. The van der Waals surface area contributed by atoms with Gasteiger partial charge in [0.15, 0.2) is 0 Å². The summed E-state index contributed by atoms with van der Waals surface area (Å²) in [6, 6.07) is 15.1. The molecule has 0 aliphatic heterocycles. The predicted octanol–water partition coefficient (Wildman–Crippen LogP) is 4.85. The predicted molar refractivity (Wildman–Crippen MR) is 105 cm³/mol. The second-order valence-corrected chi connectivity index (χ2v) is 9.26. The van der Waals surface area contributed by atoms with Crippen LogP contribution in [0.25, 0.3) is 0 Å². The van der Waals surface area contributed by atoms with E-state index in [9.17, 15) is 4.79 Å². The maximum absolute atomic E-state index is 12.6. The second kappa shape index (κ2) is 8.90. The maximum Gasteiger partial charge on any atom is 0.341 e. The maximum atomic E-state index is 12.6. The van der Waals surface area contributed by atoms with Crippen LogP contribution in [0.2, 0.25) is 13.1 Å². The fourth-order valence-corrected chi connectivity index (χ4v) is 3.12. The summed E-state index contributed by atoms with van der Waals surface area (Å²) >= 11 is 0. The zero-order chi connectivity index (χ0) is 19.2. The van der Waals surface area contributed by atoms with Gasteiger partial charge in [0.1, 0.15) is 30.3 Å². The molecule has 26 heavy (non-hydrogen) atoms. The molecule has 4 nitrogen and oxygen atoms in total. The monoisotopic (exact) mass is 371 g/mol. The van der Waals surface area contributed by atoms with Gasteiger partial charge >= 0.3 is 5.97 Å². The van der Waals surface area contributed by atoms with Crippen LogP contribution in [-0.2, 0) is 10.2 Å². The van der Waals surface area contributed by atoms with Crippen LogP contribution >= 0.6 is 0 Å². The molecule has 0 aromatic heterocycles. The zero-order valence-electron chi connectivity index (χ0n) is 16.2. The van der Waals surface area contributed by atoms with Crippen LogP contribution in [0, 0.1) is 0 Å². The van der Waals surface area contributed by atoms with E-state index >= 15 is 0 Å². The first-order valence-corrected chi connectivity index (χ1v) is 11.2. The van der Waals surface area contributed by atoms with E-state index in [1.807, 2.05) is 55.6 Å². The smallest absolute Gasteiger partial charge is 0.341 e. The second-order valence-electron chi connectivity index (χ2n) is 7.24. The number of ether oxygens (including phenoxy) is 2. The van der Waals surface area contributed by atoms with Crippen LogP contribution in [0.3, 0.4) is 0 Å². The van der Waals surface area contributed by atoms with Gasteiger partial charge in [-0.05, 0) is 42.3 Å². The van der Waals surface area contributed by atoms with E-state index in [1.54, 1.807) is 6.07 Å². The summed E-state index contributed by atoms with van der Waals surface area (Å²) in [7, 11) is -1.02. The molecule has 0 amide bonds. The summed E-state index contributed by atoms with van der Waals surface area (Å²) in [6.45, 7) is 10.9. The molecule has 0 aliphatic carbocycles. The standard InChI is InChI=1S/C21H27O4Si/c1-21(2,3)18-13-9-12-17(19(18)25-26(4)5)20(22)24-15-14-23-16-10-7-6-8-11-16/h6-13H,14-15H2,1-5H3. The Bertz CT molecular complexity index is 721. The largest absolute Gasteiger partial charge is 0.542 e. The Morgan fingerprint density at radius 1 is 0.962 bits per heavy atom. The van der Waals surface area contributed by atoms with E-state index in [4.69, 9.17) is 13.9 Å². The number of para-hydroxylation sites is 2. The first kappa shape index (κ1) is 20.0. The van der Waals surface area contributed by atoms with Gasteiger partial charge in [0.2, 0.25) is 0 Å². The van der Waals surface area contributed by atoms with Crippen LogP contribution < -0.4 is 9.16 Å². The molecule has 0 N–H and O–H groups in total. The van der Waals surface area contributed by atoms with Crippen molar-refractivity contribution in [2.45, 2.75) is 39.3 Å². The molecule has 0 fully saturated rings. The molecule has 0 saturated heterocycles. The molecule has 1 radical (unpaired) electrons. The minimum absolute atomic E-state index is 0.126. The highest BCUT2D eigenvalue weighted by Gasteiger charge is 2.25. The molecule has 139 valence electrons. The highest BCUT2D eigenvalue weighted by atomic mass is 28.3. The average Bonchev–Trinajstić information content (AvgIpc) is 2.58. The van der Waals surface area contributed by atoms with E-state index < -0.39 is 9.04 Å². The molecule has 5 heteroatoms. The molecule has 0 unspecified atom stereocenters. The van der Waals surface area contributed by atoms with Crippen LogP contribution in [0.5, 0.6) is 11.5 Å². The van der Waals surface area contributed by atoms with E-state index in [0.29, 0.717) is 17.9 Å². The minimum atomic E-state index is -1.02. The third-order valence-corrected chi connectivity index (χ3v) is 4.29. The number of hydrogen-bond acceptors (Lipinski definition) is 4. The highest BCUT2D eigenvalue weighted by Crippen LogP contribution is 2.35. The van der Waals surface area contributed by atoms with E-state index in [1.165, 1.54) is 0 Å². The number of carbonyl (C=O) groups is 1. The molecule has 2 aromatic rings. The Morgan fingerprint density at radius 3 is 2.27 bits per heavy atom. The Hall–Kier alpha value is -2.27. The summed E-state index contributed by atoms with van der Waals surface area (Å²) < 4.78 is 17.0. The molecule has 2 aromatic carbocycles. The molecular formula is C21H27O4Si. The summed E-state index contributed by atoms with van der Waals surface area (Å²) in [5, 5.41) is 0. The topological polar surface area (TPSA) is 44.8 Å². The van der Waals surface area contributed by atoms with Gasteiger partial charge in [-0.15, -0.1) is 0 Å². The van der Waals surface area contributed by atoms with Crippen molar-refractivity contribution in [3.05, 3.63) is 59.7 Å². The van der Waals surface area contributed by atoms with Gasteiger partial charge < -0.3 is 13.9 Å². The lowest BCUT2D eigenvalue weighted by Crippen LogP contribution is -2.21. The normalized spacial score (nSPS) is 11.3. The van der Waals surface area contributed by atoms with Crippen molar-refractivity contribution in [3.63, 3.8) is 0 Å². The molecule has 0 saturated carbocycles. The molecule has 0 bridgehead atoms. The fraction of sp³-hybridized carbons (Fsp3) is 0.381. The first-order valence-electron chi connectivity index (χ1n) is 8.75. The summed E-state index contributed by atoms with van der Waals surface area (Å²) in [6.07, 6.45) is 0. The Labute approximate surface area is 157 Å². The average molecular weight is 372 g/mol. The third-order valence-electron chi connectivity index (χ3n) is 3.68. The van der Waals surface area contributed by atoms with Crippen LogP contribution in [0.4, 0.5) is 0 Å². The van der Waals surface area contributed by atoms with Crippen molar-refractivity contribution >= 4 is 15.0 Å². The SMILES string of the molecule is C[Si](C)Oc1c(C(=O)OCCOc2ccccc2)cccc1C(C)(C)C. The molecule has 0 heterocycles. The van der Waals surface area contributed by atoms with Crippen LogP contribution in [0.15, 0.2) is 48.5 Å². The van der Waals surface area contributed by atoms with E-state index in [-0.39, 0.29) is 18.0 Å². The van der Waals surface area contributed by atoms with Crippen molar-refractivity contribution in [2.24, 2.45) is 0 Å². The lowest BCUT2D eigenvalue weighted by Gasteiger charge is -2.25. The molecule has 0 spiro atoms. The van der Waals surface area contributed by atoms with Gasteiger partial charge in [0, 0.05) is 0 Å². The highest BCUT2D eigenvalue weighted by molar-refractivity contribution is 6.49. The van der Waals surface area contributed by atoms with Crippen molar-refractivity contribution in [3.8, 4) is 11.5 Å². The fourth-order valence-electron chi connectivity index (χ4n) is 2.49. The van der Waals surface area contributed by atoms with E-state index in [2.05, 4.69) is 20.8 Å². The van der Waals surface area contributed by atoms with Gasteiger partial charge in [-0.3, -0.25) is 0 Å². The van der Waals surface area contributed by atoms with Gasteiger partial charge in [0.25, 0.3) is 9.04 Å². The zero-order valence-corrected chi connectivity index (χ0v) is 17.2. The van der Waals surface area contributed by atoms with Crippen molar-refractivity contribution in [1.82, 2.24) is 0 Å². The molecule has 0 aliphatic rings. The Kier molecular flexibility index (Phi) is 6.86. The summed E-state index contributed by atoms with van der Waals surface area (Å²) in [5.74, 6) is 1.02. The number of benzene rings is 2. The summed E-state index contributed by atoms with van der Waals surface area (Å²) in [5.41, 5.74) is 1.36. The van der Waals surface area contributed by atoms with Gasteiger partial charge in [0.05, 0.1) is 0 Å². The minimum Gasteiger partial charge on any atom is -0.542 e. The number of esters is 1. The molecule has 2 rings (SSSR count). The quantitative estimate of drug-likeness (QED) is 0.396. The van der Waals surface area contributed by atoms with Crippen molar-refractivity contribution in [2.75, 3.05) is 13.2 Å². The van der Waals surface area contributed by atoms with Crippen molar-refractivity contribution in [1.29, 1.82) is 0 Å². The summed E-state index contributed by atoms with van der Waals surface area (Å²) in [4.78, 5) is 12.6. The molecule has 0 atom stereocenters. The van der Waals surface area contributed by atoms with E-state index in [0.717, 1.165) is 11.3 Å². The number of carbonyl (C=O) groups excluding carboxylic acids is 1. The third kappa shape index (κ3) is 5.63. The Balaban J connectivity index is 2.07.